The van der Waals surface area contributed by atoms with Gasteiger partial charge in [0.2, 0.25) is 5.89 Å². The summed E-state index contributed by atoms with van der Waals surface area (Å²) in [5.74, 6) is 0.278. The van der Waals surface area contributed by atoms with Gasteiger partial charge in [-0.2, -0.15) is 0 Å². The largest absolute Gasteiger partial charge is 0.406 e. The van der Waals surface area contributed by atoms with Crippen molar-refractivity contribution in [3.8, 4) is 0 Å². The molecule has 1 heterocycles. The van der Waals surface area contributed by atoms with Crippen molar-refractivity contribution in [3.63, 3.8) is 0 Å². The van der Waals surface area contributed by atoms with E-state index in [1.54, 1.807) is 19.1 Å². The first kappa shape index (κ1) is 13.5. The van der Waals surface area contributed by atoms with Gasteiger partial charge in [0, 0.05) is 5.69 Å². The van der Waals surface area contributed by atoms with Crippen molar-refractivity contribution in [1.29, 1.82) is 0 Å². The van der Waals surface area contributed by atoms with Gasteiger partial charge in [-0.15, -0.1) is 5.10 Å². The first-order valence-electron chi connectivity index (χ1n) is 6.20. The van der Waals surface area contributed by atoms with Crippen LogP contribution in [0, 0.1) is 12.7 Å². The van der Waals surface area contributed by atoms with Crippen LogP contribution >= 0.6 is 0 Å². The van der Waals surface area contributed by atoms with Crippen LogP contribution in [-0.2, 0) is 0 Å². The molecule has 0 amide bonds. The second kappa shape index (κ2) is 5.79. The molecule has 0 aliphatic rings. The maximum atomic E-state index is 13.1. The van der Waals surface area contributed by atoms with Crippen molar-refractivity contribution in [2.45, 2.75) is 26.8 Å². The minimum Gasteiger partial charge on any atom is -0.406 e. The fraction of sp³-hybridized carbons (Fsp3) is 0.385. The Morgan fingerprint density at radius 2 is 2.16 bits per heavy atom. The van der Waals surface area contributed by atoms with Gasteiger partial charge in [-0.05, 0) is 44.2 Å². The molecule has 0 aliphatic carbocycles. The minimum atomic E-state index is -0.238. The van der Waals surface area contributed by atoms with E-state index < -0.39 is 0 Å². The van der Waals surface area contributed by atoms with E-state index in [2.05, 4.69) is 20.8 Å². The van der Waals surface area contributed by atoms with Crippen molar-refractivity contribution in [2.24, 2.45) is 0 Å². The van der Waals surface area contributed by atoms with Gasteiger partial charge in [-0.3, -0.25) is 0 Å². The van der Waals surface area contributed by atoms with Crippen molar-refractivity contribution in [2.75, 3.05) is 11.9 Å². The van der Waals surface area contributed by atoms with Crippen molar-refractivity contribution < 1.29 is 8.81 Å². The maximum Gasteiger partial charge on any atom is 0.320 e. The number of benzene rings is 1. The predicted octanol–water partition coefficient (Wildman–Crippen LogP) is 2.93. The second-order valence-electron chi connectivity index (χ2n) is 4.31. The quantitative estimate of drug-likeness (QED) is 0.869. The molecule has 0 fully saturated rings. The first-order chi connectivity index (χ1) is 9.10. The van der Waals surface area contributed by atoms with Crippen LogP contribution in [0.2, 0.25) is 0 Å². The van der Waals surface area contributed by atoms with E-state index in [-0.39, 0.29) is 11.9 Å². The highest BCUT2D eigenvalue weighted by atomic mass is 19.1. The SMILES string of the molecule is CCNC(C)c1nnc(Nc2ccc(F)c(C)c2)o1. The molecule has 6 heteroatoms. The number of hydrogen-bond acceptors (Lipinski definition) is 5. The normalized spacial score (nSPS) is 12.4. The van der Waals surface area contributed by atoms with Gasteiger partial charge < -0.3 is 15.1 Å². The molecule has 1 atom stereocenters. The van der Waals surface area contributed by atoms with Crippen molar-refractivity contribution in [3.05, 3.63) is 35.5 Å². The van der Waals surface area contributed by atoms with Gasteiger partial charge in [-0.1, -0.05) is 12.0 Å². The average Bonchev–Trinajstić information content (AvgIpc) is 2.83. The number of aromatic nitrogens is 2. The molecule has 2 N–H and O–H groups in total. The highest BCUT2D eigenvalue weighted by molar-refractivity contribution is 5.53. The standard InChI is InChI=1S/C13H17FN4O/c1-4-15-9(3)12-17-18-13(19-12)16-10-5-6-11(14)8(2)7-10/h5-7,9,15H,4H2,1-3H3,(H,16,18). The molecule has 0 saturated carbocycles. The van der Waals surface area contributed by atoms with E-state index >= 15 is 0 Å². The molecule has 0 spiro atoms. The lowest BCUT2D eigenvalue weighted by atomic mass is 10.2. The number of hydrogen-bond donors (Lipinski definition) is 2. The molecule has 19 heavy (non-hydrogen) atoms. The highest BCUT2D eigenvalue weighted by Gasteiger charge is 2.12. The summed E-state index contributed by atoms with van der Waals surface area (Å²) in [5.41, 5.74) is 1.27. The zero-order chi connectivity index (χ0) is 13.8. The summed E-state index contributed by atoms with van der Waals surface area (Å²) in [7, 11) is 0. The van der Waals surface area contributed by atoms with Crippen molar-refractivity contribution in [1.82, 2.24) is 15.5 Å². The third kappa shape index (κ3) is 3.29. The van der Waals surface area contributed by atoms with Gasteiger partial charge in [-0.25, -0.2) is 4.39 Å². The van der Waals surface area contributed by atoms with Crippen LogP contribution in [0.25, 0.3) is 0 Å². The number of nitrogens with zero attached hydrogens (tertiary/aromatic N) is 2. The summed E-state index contributed by atoms with van der Waals surface area (Å²) < 4.78 is 18.6. The molecule has 1 unspecified atom stereocenters. The van der Waals surface area contributed by atoms with Crippen molar-refractivity contribution >= 4 is 11.7 Å². The zero-order valence-corrected chi connectivity index (χ0v) is 11.2. The van der Waals surface area contributed by atoms with E-state index in [1.807, 2.05) is 13.8 Å². The first-order valence-corrected chi connectivity index (χ1v) is 6.20. The maximum absolute atomic E-state index is 13.1. The summed E-state index contributed by atoms with van der Waals surface area (Å²) in [6.07, 6.45) is 0. The monoisotopic (exact) mass is 264 g/mol. The summed E-state index contributed by atoms with van der Waals surface area (Å²) >= 11 is 0. The molecule has 5 nitrogen and oxygen atoms in total. The van der Waals surface area contributed by atoms with Crippen LogP contribution in [0.4, 0.5) is 16.1 Å². The highest BCUT2D eigenvalue weighted by Crippen LogP contribution is 2.20. The predicted molar refractivity (Wildman–Crippen MR) is 70.8 cm³/mol. The molecular weight excluding hydrogens is 247 g/mol. The van der Waals surface area contributed by atoms with Crippen LogP contribution in [0.1, 0.15) is 31.3 Å². The van der Waals surface area contributed by atoms with Crippen LogP contribution in [0.15, 0.2) is 22.6 Å². The molecule has 102 valence electrons. The third-order valence-electron chi connectivity index (χ3n) is 2.73. The number of rotatable bonds is 5. The number of halogens is 1. The van der Waals surface area contributed by atoms with Gasteiger partial charge in [0.05, 0.1) is 6.04 Å². The Bertz CT molecular complexity index is 555. The van der Waals surface area contributed by atoms with E-state index in [9.17, 15) is 4.39 Å². The molecule has 2 aromatic rings. The Kier molecular flexibility index (Phi) is 4.11. The molecule has 0 aliphatic heterocycles. The number of aryl methyl sites for hydroxylation is 1. The Morgan fingerprint density at radius 1 is 1.37 bits per heavy atom. The third-order valence-corrected chi connectivity index (χ3v) is 2.73. The Balaban J connectivity index is 2.09. The van der Waals surface area contributed by atoms with E-state index in [0.717, 1.165) is 6.54 Å². The van der Waals surface area contributed by atoms with Gasteiger partial charge in [0.15, 0.2) is 0 Å². The average molecular weight is 264 g/mol. The lowest BCUT2D eigenvalue weighted by molar-refractivity contribution is 0.430. The van der Waals surface area contributed by atoms with Crippen LogP contribution in [0.5, 0.6) is 0 Å². The fourth-order valence-corrected chi connectivity index (χ4v) is 1.70. The minimum absolute atomic E-state index is 0.00278. The molecule has 2 rings (SSSR count). The zero-order valence-electron chi connectivity index (χ0n) is 11.2. The fourth-order valence-electron chi connectivity index (χ4n) is 1.70. The number of anilines is 2. The van der Waals surface area contributed by atoms with E-state index in [0.29, 0.717) is 23.2 Å². The molecular formula is C13H17FN4O. The molecule has 1 aromatic carbocycles. The molecule has 0 bridgehead atoms. The number of nitrogens with one attached hydrogen (secondary N) is 2. The molecule has 0 saturated heterocycles. The lowest BCUT2D eigenvalue weighted by Crippen LogP contribution is -2.17. The molecule has 0 radical (unpaired) electrons. The summed E-state index contributed by atoms with van der Waals surface area (Å²) in [5, 5.41) is 14.0. The Morgan fingerprint density at radius 3 is 2.84 bits per heavy atom. The van der Waals surface area contributed by atoms with Gasteiger partial charge >= 0.3 is 6.01 Å². The van der Waals surface area contributed by atoms with Gasteiger partial charge in [0.1, 0.15) is 5.82 Å². The Labute approximate surface area is 111 Å². The summed E-state index contributed by atoms with van der Waals surface area (Å²) in [4.78, 5) is 0. The Hall–Kier alpha value is -1.95. The molecule has 1 aromatic heterocycles. The summed E-state index contributed by atoms with van der Waals surface area (Å²) in [6.45, 7) is 6.48. The summed E-state index contributed by atoms with van der Waals surface area (Å²) in [6, 6.07) is 5.01. The smallest absolute Gasteiger partial charge is 0.320 e. The van der Waals surface area contributed by atoms with Crippen LogP contribution in [-0.4, -0.2) is 16.7 Å². The second-order valence-corrected chi connectivity index (χ2v) is 4.31. The van der Waals surface area contributed by atoms with Crippen LogP contribution in [0.3, 0.4) is 0 Å². The van der Waals surface area contributed by atoms with Gasteiger partial charge in [0.25, 0.3) is 0 Å². The van der Waals surface area contributed by atoms with Crippen LogP contribution < -0.4 is 10.6 Å². The van der Waals surface area contributed by atoms with E-state index in [1.165, 1.54) is 6.07 Å². The van der Waals surface area contributed by atoms with E-state index in [4.69, 9.17) is 4.42 Å². The lowest BCUT2D eigenvalue weighted by Gasteiger charge is -2.06. The topological polar surface area (TPSA) is 63.0 Å².